The van der Waals surface area contributed by atoms with Crippen LogP contribution in [0.2, 0.25) is 5.02 Å². The number of anilines is 1. The Morgan fingerprint density at radius 1 is 1.29 bits per heavy atom. The van der Waals surface area contributed by atoms with Crippen molar-refractivity contribution in [2.45, 2.75) is 46.1 Å². The minimum Gasteiger partial charge on any atom is -0.444 e. The van der Waals surface area contributed by atoms with Crippen molar-refractivity contribution in [3.63, 3.8) is 0 Å². The van der Waals surface area contributed by atoms with Crippen molar-refractivity contribution in [1.29, 1.82) is 0 Å². The Bertz CT molecular complexity index is 997. The third-order valence-electron chi connectivity index (χ3n) is 3.57. The summed E-state index contributed by atoms with van der Waals surface area (Å²) < 4.78 is 12.7. The van der Waals surface area contributed by atoms with Crippen LogP contribution in [0.15, 0.2) is 30.6 Å². The average Bonchev–Trinajstić information content (AvgIpc) is 3.04. The first-order valence-electron chi connectivity index (χ1n) is 8.92. The fourth-order valence-corrected chi connectivity index (χ4v) is 2.70. The van der Waals surface area contributed by atoms with Crippen molar-refractivity contribution in [2.24, 2.45) is 0 Å². The summed E-state index contributed by atoms with van der Waals surface area (Å²) in [5, 5.41) is 7.11. The van der Waals surface area contributed by atoms with E-state index in [0.29, 0.717) is 28.1 Å². The number of fused-ring (bicyclic) bond motifs is 1. The number of halogens is 1. The van der Waals surface area contributed by atoms with Gasteiger partial charge in [0.05, 0.1) is 5.02 Å². The molecule has 0 radical (unpaired) electrons. The number of hydrogen-bond acceptors (Lipinski definition) is 6. The van der Waals surface area contributed by atoms with Crippen molar-refractivity contribution in [1.82, 2.24) is 19.6 Å². The third kappa shape index (κ3) is 4.89. The van der Waals surface area contributed by atoms with Crippen LogP contribution in [0.1, 0.15) is 39.8 Å². The Morgan fingerprint density at radius 2 is 2.07 bits per heavy atom. The molecule has 2 heterocycles. The largest absolute Gasteiger partial charge is 0.444 e. The van der Waals surface area contributed by atoms with Crippen molar-refractivity contribution < 1.29 is 14.3 Å². The number of carbonyl (C=O) groups excluding carboxylic acids is 1. The normalized spacial score (nSPS) is 11.5. The van der Waals surface area contributed by atoms with Crippen LogP contribution in [-0.4, -0.2) is 31.3 Å². The van der Waals surface area contributed by atoms with Crippen LogP contribution in [0.3, 0.4) is 0 Å². The minimum atomic E-state index is -0.586. The second-order valence-corrected chi connectivity index (χ2v) is 7.59. The quantitative estimate of drug-likeness (QED) is 0.653. The zero-order chi connectivity index (χ0) is 20.3. The Balaban J connectivity index is 1.81. The van der Waals surface area contributed by atoms with Crippen LogP contribution in [-0.2, 0) is 11.2 Å². The SMILES string of the molecule is CCCc1cc(Oc2ccc(NC(=O)OC(C)(C)C)cc2Cl)n2ncnc2n1. The molecule has 8 nitrogen and oxygen atoms in total. The van der Waals surface area contributed by atoms with Crippen LogP contribution in [0, 0.1) is 0 Å². The van der Waals surface area contributed by atoms with Gasteiger partial charge in [-0.1, -0.05) is 24.9 Å². The summed E-state index contributed by atoms with van der Waals surface area (Å²) in [5.41, 5.74) is 0.772. The molecule has 0 fully saturated rings. The molecule has 28 heavy (non-hydrogen) atoms. The molecular formula is C19H22ClN5O3. The fraction of sp³-hybridized carbons (Fsp3) is 0.368. The molecule has 0 atom stereocenters. The molecule has 0 aliphatic heterocycles. The molecule has 1 amide bonds. The third-order valence-corrected chi connectivity index (χ3v) is 3.87. The van der Waals surface area contributed by atoms with Crippen molar-refractivity contribution >= 4 is 29.2 Å². The smallest absolute Gasteiger partial charge is 0.412 e. The molecule has 0 spiro atoms. The topological polar surface area (TPSA) is 90.6 Å². The maximum absolute atomic E-state index is 11.9. The van der Waals surface area contributed by atoms with E-state index in [1.807, 2.05) is 6.07 Å². The second-order valence-electron chi connectivity index (χ2n) is 7.18. The Labute approximate surface area is 167 Å². The van der Waals surface area contributed by atoms with E-state index in [9.17, 15) is 4.79 Å². The summed E-state index contributed by atoms with van der Waals surface area (Å²) in [6.07, 6.45) is 2.61. The Hall–Kier alpha value is -2.87. The highest BCUT2D eigenvalue weighted by Crippen LogP contribution is 2.32. The van der Waals surface area contributed by atoms with Crippen LogP contribution in [0.5, 0.6) is 11.6 Å². The van der Waals surface area contributed by atoms with Gasteiger partial charge < -0.3 is 9.47 Å². The van der Waals surface area contributed by atoms with E-state index in [2.05, 4.69) is 27.3 Å². The molecule has 2 aromatic heterocycles. The van der Waals surface area contributed by atoms with Crippen molar-refractivity contribution in [2.75, 3.05) is 5.32 Å². The predicted octanol–water partition coefficient (Wildman–Crippen LogP) is 4.87. The number of aromatic nitrogens is 4. The number of aryl methyl sites for hydroxylation is 1. The summed E-state index contributed by atoms with van der Waals surface area (Å²) in [6, 6.07) is 6.75. The van der Waals surface area contributed by atoms with E-state index in [4.69, 9.17) is 21.1 Å². The molecule has 0 aliphatic rings. The van der Waals surface area contributed by atoms with Crippen LogP contribution < -0.4 is 10.1 Å². The van der Waals surface area contributed by atoms with Gasteiger partial charge in [0.2, 0.25) is 5.88 Å². The first kappa shape index (κ1) is 19.9. The number of ether oxygens (including phenoxy) is 2. The molecule has 0 bridgehead atoms. The molecule has 3 aromatic rings. The molecule has 3 rings (SSSR count). The molecule has 0 unspecified atom stereocenters. The van der Waals surface area contributed by atoms with Crippen LogP contribution >= 0.6 is 11.6 Å². The minimum absolute atomic E-state index is 0.329. The number of hydrogen-bond donors (Lipinski definition) is 1. The highest BCUT2D eigenvalue weighted by molar-refractivity contribution is 6.32. The maximum atomic E-state index is 11.9. The number of nitrogens with one attached hydrogen (secondary N) is 1. The lowest BCUT2D eigenvalue weighted by Crippen LogP contribution is -2.27. The molecule has 148 valence electrons. The lowest BCUT2D eigenvalue weighted by molar-refractivity contribution is 0.0636. The molecular weight excluding hydrogens is 382 g/mol. The fourth-order valence-electron chi connectivity index (χ4n) is 2.48. The van der Waals surface area contributed by atoms with Gasteiger partial charge >= 0.3 is 6.09 Å². The lowest BCUT2D eigenvalue weighted by atomic mass is 10.2. The van der Waals surface area contributed by atoms with E-state index in [1.165, 1.54) is 10.8 Å². The molecule has 0 saturated heterocycles. The second kappa shape index (κ2) is 8.02. The van der Waals surface area contributed by atoms with Crippen molar-refractivity contribution in [3.05, 3.63) is 41.3 Å². The number of benzene rings is 1. The number of carbonyl (C=O) groups is 1. The van der Waals surface area contributed by atoms with E-state index < -0.39 is 11.7 Å². The average molecular weight is 404 g/mol. The van der Waals surface area contributed by atoms with E-state index >= 15 is 0 Å². The van der Waals surface area contributed by atoms with E-state index in [0.717, 1.165) is 18.5 Å². The van der Waals surface area contributed by atoms with Crippen LogP contribution in [0.4, 0.5) is 10.5 Å². The zero-order valence-corrected chi connectivity index (χ0v) is 16.9. The number of rotatable bonds is 5. The predicted molar refractivity (Wildman–Crippen MR) is 106 cm³/mol. The monoisotopic (exact) mass is 403 g/mol. The first-order valence-corrected chi connectivity index (χ1v) is 9.30. The lowest BCUT2D eigenvalue weighted by Gasteiger charge is -2.19. The van der Waals surface area contributed by atoms with Gasteiger partial charge in [-0.25, -0.2) is 9.78 Å². The Morgan fingerprint density at radius 3 is 2.75 bits per heavy atom. The van der Waals surface area contributed by atoms with Crippen molar-refractivity contribution in [3.8, 4) is 11.6 Å². The van der Waals surface area contributed by atoms with Gasteiger partial charge in [-0.15, -0.1) is 0 Å². The standard InChI is InChI=1S/C19H22ClN5O3/c1-5-6-12-10-16(25-17(23-12)21-11-22-25)27-15-8-7-13(9-14(15)20)24-18(26)28-19(2,3)4/h7-11H,5-6H2,1-4H3,(H,24,26). The summed E-state index contributed by atoms with van der Waals surface area (Å²) in [4.78, 5) is 20.5. The molecule has 1 aromatic carbocycles. The maximum Gasteiger partial charge on any atom is 0.412 e. The summed E-state index contributed by atoms with van der Waals surface area (Å²) in [5.74, 6) is 1.34. The van der Waals surface area contributed by atoms with Gasteiger partial charge in [0.25, 0.3) is 5.78 Å². The Kier molecular flexibility index (Phi) is 5.69. The van der Waals surface area contributed by atoms with Crippen LogP contribution in [0.25, 0.3) is 5.78 Å². The zero-order valence-electron chi connectivity index (χ0n) is 16.2. The number of amides is 1. The van der Waals surface area contributed by atoms with Gasteiger partial charge in [-0.05, 0) is 45.4 Å². The summed E-state index contributed by atoms with van der Waals surface area (Å²) in [7, 11) is 0. The highest BCUT2D eigenvalue weighted by atomic mass is 35.5. The number of nitrogens with zero attached hydrogens (tertiary/aromatic N) is 4. The van der Waals surface area contributed by atoms with E-state index in [-0.39, 0.29) is 0 Å². The summed E-state index contributed by atoms with van der Waals surface area (Å²) in [6.45, 7) is 7.46. The van der Waals surface area contributed by atoms with E-state index in [1.54, 1.807) is 39.0 Å². The van der Waals surface area contributed by atoms with Gasteiger partial charge in [-0.3, -0.25) is 5.32 Å². The summed E-state index contributed by atoms with van der Waals surface area (Å²) >= 11 is 6.34. The first-order chi connectivity index (χ1) is 13.2. The van der Waals surface area contributed by atoms with Gasteiger partial charge in [0, 0.05) is 17.4 Å². The molecule has 0 aliphatic carbocycles. The van der Waals surface area contributed by atoms with Gasteiger partial charge in [0.15, 0.2) is 0 Å². The van der Waals surface area contributed by atoms with Gasteiger partial charge in [-0.2, -0.15) is 14.6 Å². The molecule has 0 saturated carbocycles. The molecule has 9 heteroatoms. The van der Waals surface area contributed by atoms with Gasteiger partial charge in [0.1, 0.15) is 17.7 Å². The molecule has 1 N–H and O–H groups in total. The highest BCUT2D eigenvalue weighted by Gasteiger charge is 2.17.